The van der Waals surface area contributed by atoms with Crippen LogP contribution >= 0.6 is 0 Å². The summed E-state index contributed by atoms with van der Waals surface area (Å²) in [5.41, 5.74) is 5.03. The molecule has 0 radical (unpaired) electrons. The molecule has 140 valence electrons. The minimum absolute atomic E-state index is 0.0259. The molecule has 2 aliphatic rings. The van der Waals surface area contributed by atoms with Gasteiger partial charge in [-0.1, -0.05) is 62.2 Å². The van der Waals surface area contributed by atoms with E-state index in [2.05, 4.69) is 48.1 Å². The van der Waals surface area contributed by atoms with Crippen LogP contribution in [0.1, 0.15) is 58.4 Å². The molecule has 3 N–H and O–H groups in total. The highest BCUT2D eigenvalue weighted by atomic mass is 16.5. The highest BCUT2D eigenvalue weighted by molar-refractivity contribution is 5.84. The van der Waals surface area contributed by atoms with E-state index in [4.69, 9.17) is 4.99 Å². The summed E-state index contributed by atoms with van der Waals surface area (Å²) in [5, 5.41) is 13.3. The highest BCUT2D eigenvalue weighted by Crippen LogP contribution is 2.50. The molecule has 1 aromatic rings. The van der Waals surface area contributed by atoms with E-state index in [1.165, 1.54) is 18.4 Å². The van der Waals surface area contributed by atoms with Gasteiger partial charge in [-0.2, -0.15) is 0 Å². The van der Waals surface area contributed by atoms with E-state index in [1.54, 1.807) is 0 Å². The van der Waals surface area contributed by atoms with Crippen LogP contribution in [0.3, 0.4) is 0 Å². The molecule has 2 atom stereocenters. The predicted molar refractivity (Wildman–Crippen MR) is 107 cm³/mol. The van der Waals surface area contributed by atoms with Crippen LogP contribution in [0.4, 0.5) is 0 Å². The van der Waals surface area contributed by atoms with Crippen molar-refractivity contribution in [3.05, 3.63) is 59.3 Å². The van der Waals surface area contributed by atoms with Gasteiger partial charge in [-0.05, 0) is 44.6 Å². The van der Waals surface area contributed by atoms with Crippen molar-refractivity contribution in [2.45, 2.75) is 64.1 Å². The van der Waals surface area contributed by atoms with Crippen molar-refractivity contribution < 1.29 is 5.21 Å². The summed E-state index contributed by atoms with van der Waals surface area (Å²) < 4.78 is 0. The van der Waals surface area contributed by atoms with E-state index in [9.17, 15) is 5.21 Å². The molecule has 1 aromatic carbocycles. The zero-order valence-corrected chi connectivity index (χ0v) is 16.1. The Hall–Kier alpha value is -1.91. The van der Waals surface area contributed by atoms with Gasteiger partial charge in [-0.25, -0.2) is 0 Å². The second-order valence-electron chi connectivity index (χ2n) is 7.63. The van der Waals surface area contributed by atoms with Crippen molar-refractivity contribution in [2.24, 2.45) is 10.9 Å². The maximum atomic E-state index is 9.31. The monoisotopic (exact) mass is 353 g/mol. The van der Waals surface area contributed by atoms with Crippen molar-refractivity contribution in [1.82, 2.24) is 10.8 Å². The molecule has 2 fully saturated rings. The van der Waals surface area contributed by atoms with Crippen LogP contribution < -0.4 is 10.8 Å². The Morgan fingerprint density at radius 1 is 1.15 bits per heavy atom. The van der Waals surface area contributed by atoms with Gasteiger partial charge in [-0.15, -0.1) is 0 Å². The van der Waals surface area contributed by atoms with Crippen LogP contribution in [0.5, 0.6) is 0 Å². The molecule has 26 heavy (non-hydrogen) atoms. The van der Waals surface area contributed by atoms with Gasteiger partial charge in [0.15, 0.2) is 0 Å². The molecule has 2 aliphatic carbocycles. The number of benzene rings is 1. The number of nitrogens with one attached hydrogen (secondary N) is 2. The summed E-state index contributed by atoms with van der Waals surface area (Å²) in [5.74, 6) is 0.509. The van der Waals surface area contributed by atoms with Gasteiger partial charge in [0, 0.05) is 17.3 Å². The molecule has 3 rings (SSSR count). The second kappa shape index (κ2) is 7.77. The van der Waals surface area contributed by atoms with Crippen LogP contribution in [0.2, 0.25) is 0 Å². The summed E-state index contributed by atoms with van der Waals surface area (Å²) in [4.78, 5) is 4.97. The third-order valence-electron chi connectivity index (χ3n) is 5.98. The lowest BCUT2D eigenvalue weighted by atomic mass is 9.87. The van der Waals surface area contributed by atoms with Gasteiger partial charge in [-0.3, -0.25) is 21.0 Å². The van der Waals surface area contributed by atoms with Gasteiger partial charge in [0.25, 0.3) is 0 Å². The Labute approximate surface area is 157 Å². The summed E-state index contributed by atoms with van der Waals surface area (Å²) in [6.45, 7) is 6.11. The van der Waals surface area contributed by atoms with E-state index in [-0.39, 0.29) is 11.2 Å². The molecule has 4 heteroatoms. The molecule has 0 heterocycles. The van der Waals surface area contributed by atoms with E-state index in [1.807, 2.05) is 32.2 Å². The Bertz CT molecular complexity index is 701. The third kappa shape index (κ3) is 3.62. The number of allylic oxidation sites excluding steroid dienone is 3. The summed E-state index contributed by atoms with van der Waals surface area (Å²) in [7, 11) is 0. The quantitative estimate of drug-likeness (QED) is 0.379. The van der Waals surface area contributed by atoms with Crippen LogP contribution in [0.15, 0.2) is 58.7 Å². The summed E-state index contributed by atoms with van der Waals surface area (Å²) >= 11 is 0. The van der Waals surface area contributed by atoms with Crippen molar-refractivity contribution >= 4 is 6.21 Å². The van der Waals surface area contributed by atoms with Crippen LogP contribution in [0.25, 0.3) is 0 Å². The van der Waals surface area contributed by atoms with Gasteiger partial charge in [0.1, 0.15) is 5.66 Å². The molecule has 0 spiro atoms. The molecule has 0 bridgehead atoms. The number of aliphatic imine (C=N–C) groups is 1. The number of rotatable bonds is 7. The first-order valence-corrected chi connectivity index (χ1v) is 9.72. The number of hydroxylamine groups is 1. The molecular formula is C22H31N3O. The van der Waals surface area contributed by atoms with Gasteiger partial charge in [0.05, 0.1) is 5.70 Å². The van der Waals surface area contributed by atoms with Crippen LogP contribution in [-0.2, 0) is 5.54 Å². The third-order valence-corrected chi connectivity index (χ3v) is 5.98. The van der Waals surface area contributed by atoms with Crippen LogP contribution in [0, 0.1) is 5.92 Å². The zero-order chi connectivity index (χ0) is 18.6. The number of hydrogen-bond acceptors (Lipinski definition) is 4. The van der Waals surface area contributed by atoms with Crippen molar-refractivity contribution in [1.29, 1.82) is 0 Å². The minimum atomic E-state index is -0.206. The summed E-state index contributed by atoms with van der Waals surface area (Å²) in [6, 6.07) is 10.8. The van der Waals surface area contributed by atoms with E-state index >= 15 is 0 Å². The first-order valence-electron chi connectivity index (χ1n) is 9.72. The second-order valence-corrected chi connectivity index (χ2v) is 7.63. The van der Waals surface area contributed by atoms with Crippen LogP contribution in [-0.4, -0.2) is 17.1 Å². The van der Waals surface area contributed by atoms with Gasteiger partial charge < -0.3 is 0 Å². The van der Waals surface area contributed by atoms with E-state index < -0.39 is 0 Å². The molecule has 2 saturated carbocycles. The maximum Gasteiger partial charge on any atom is 0.114 e. The maximum absolute atomic E-state index is 9.31. The molecule has 0 saturated heterocycles. The lowest BCUT2D eigenvalue weighted by Crippen LogP contribution is -2.48. The SMILES string of the molecule is CC=C(NO)/C(C=N[C@]1(NC2(c3ccccc3)CCCC2)CC1C)=C/C. The fraction of sp³-hybridized carbons (Fsp3) is 0.500. The average molecular weight is 354 g/mol. The molecule has 4 nitrogen and oxygen atoms in total. The minimum Gasteiger partial charge on any atom is -0.291 e. The Morgan fingerprint density at radius 3 is 2.31 bits per heavy atom. The Balaban J connectivity index is 1.85. The lowest BCUT2D eigenvalue weighted by molar-refractivity contribution is 0.204. The predicted octanol–water partition coefficient (Wildman–Crippen LogP) is 4.68. The Morgan fingerprint density at radius 2 is 1.81 bits per heavy atom. The van der Waals surface area contributed by atoms with Gasteiger partial charge in [0.2, 0.25) is 0 Å². The normalized spacial score (nSPS) is 28.5. The smallest absolute Gasteiger partial charge is 0.114 e. The average Bonchev–Trinajstić information content (AvgIpc) is 3.07. The van der Waals surface area contributed by atoms with Crippen molar-refractivity contribution in [3.8, 4) is 0 Å². The lowest BCUT2D eigenvalue weighted by Gasteiger charge is -2.35. The first kappa shape index (κ1) is 18.9. The van der Waals surface area contributed by atoms with Gasteiger partial charge >= 0.3 is 0 Å². The topological polar surface area (TPSA) is 56.6 Å². The molecule has 0 aliphatic heterocycles. The molecule has 0 amide bonds. The van der Waals surface area contributed by atoms with E-state index in [0.29, 0.717) is 11.6 Å². The molecule has 0 aromatic heterocycles. The fourth-order valence-electron chi connectivity index (χ4n) is 4.21. The first-order chi connectivity index (χ1) is 12.6. The van der Waals surface area contributed by atoms with Crippen molar-refractivity contribution in [2.75, 3.05) is 0 Å². The standard InChI is InChI=1S/C22H31N3O/c1-4-18(20(5-2)24-26)16-23-22(15-17(22)3)25-21(13-9-10-14-21)19-11-7-6-8-12-19/h4-8,11-12,16-17,24-26H,9-10,13-15H2,1-3H3/b18-4+,20-5?,23-16?/t17?,22-/m0/s1. The van der Waals surface area contributed by atoms with E-state index in [0.717, 1.165) is 24.8 Å². The Kier molecular flexibility index (Phi) is 5.64. The zero-order valence-electron chi connectivity index (χ0n) is 16.1. The number of hydrogen-bond donors (Lipinski definition) is 3. The number of nitrogens with zero attached hydrogens (tertiary/aromatic N) is 1. The molecular weight excluding hydrogens is 322 g/mol. The largest absolute Gasteiger partial charge is 0.291 e. The summed E-state index contributed by atoms with van der Waals surface area (Å²) in [6.07, 6.45) is 11.6. The molecule has 1 unspecified atom stereocenters. The van der Waals surface area contributed by atoms with Crippen molar-refractivity contribution in [3.63, 3.8) is 0 Å². The highest BCUT2D eigenvalue weighted by Gasteiger charge is 2.55. The fourth-order valence-corrected chi connectivity index (χ4v) is 4.21.